The van der Waals surface area contributed by atoms with Crippen LogP contribution in [0.2, 0.25) is 0 Å². The number of rotatable bonds is 5. The Bertz CT molecular complexity index is 1200. The summed E-state index contributed by atoms with van der Waals surface area (Å²) in [6.07, 6.45) is 0. The first-order valence-corrected chi connectivity index (χ1v) is 10.2. The highest BCUT2D eigenvalue weighted by Crippen LogP contribution is 2.29. The van der Waals surface area contributed by atoms with Crippen molar-refractivity contribution in [1.29, 1.82) is 5.26 Å². The summed E-state index contributed by atoms with van der Waals surface area (Å²) in [6.45, 7) is 3.93. The van der Waals surface area contributed by atoms with Crippen molar-refractivity contribution in [3.63, 3.8) is 0 Å². The molecule has 0 radical (unpaired) electrons. The van der Waals surface area contributed by atoms with E-state index in [1.54, 1.807) is 11.8 Å². The summed E-state index contributed by atoms with van der Waals surface area (Å²) in [5.41, 5.74) is 5.36. The maximum absolute atomic E-state index is 9.65. The van der Waals surface area contributed by atoms with Crippen molar-refractivity contribution in [3.8, 4) is 23.1 Å². The molecule has 0 N–H and O–H groups in total. The van der Waals surface area contributed by atoms with E-state index >= 15 is 0 Å². The Morgan fingerprint density at radius 1 is 1.00 bits per heavy atom. The minimum Gasteiger partial charge on any atom is -0.305 e. The average Bonchev–Trinajstić information content (AvgIpc) is 3.26. The van der Waals surface area contributed by atoms with Crippen LogP contribution in [-0.2, 0) is 12.8 Å². The number of benzene rings is 2. The zero-order valence-electron chi connectivity index (χ0n) is 16.5. The van der Waals surface area contributed by atoms with Crippen LogP contribution in [0.4, 0.5) is 0 Å². The number of hydrogen-bond donors (Lipinski definition) is 0. The van der Waals surface area contributed by atoms with Crippen molar-refractivity contribution >= 4 is 11.8 Å². The number of nitrogens with zero attached hydrogens (tertiary/aromatic N) is 6. The van der Waals surface area contributed by atoms with Crippen molar-refractivity contribution in [2.24, 2.45) is 7.05 Å². The van der Waals surface area contributed by atoms with Gasteiger partial charge in [0.2, 0.25) is 0 Å². The lowest BCUT2D eigenvalue weighted by Crippen LogP contribution is -2.03. The van der Waals surface area contributed by atoms with Gasteiger partial charge in [-0.1, -0.05) is 54.2 Å². The minimum absolute atomic E-state index is 0.568. The predicted octanol–water partition coefficient (Wildman–Crippen LogP) is 4.45. The smallest absolute Gasteiger partial charge is 0.191 e. The van der Waals surface area contributed by atoms with Gasteiger partial charge in [0, 0.05) is 18.4 Å². The molecule has 0 unspecified atom stereocenters. The first kappa shape index (κ1) is 19.0. The van der Waals surface area contributed by atoms with E-state index in [1.807, 2.05) is 65.7 Å². The third-order valence-electron chi connectivity index (χ3n) is 4.83. The highest BCUT2D eigenvalue weighted by molar-refractivity contribution is 7.98. The van der Waals surface area contributed by atoms with Gasteiger partial charge in [0.15, 0.2) is 11.0 Å². The number of para-hydroxylation sites is 1. The van der Waals surface area contributed by atoms with Gasteiger partial charge in [-0.05, 0) is 31.5 Å². The summed E-state index contributed by atoms with van der Waals surface area (Å²) in [6, 6.07) is 20.3. The van der Waals surface area contributed by atoms with Gasteiger partial charge in [0.25, 0.3) is 0 Å². The van der Waals surface area contributed by atoms with Crippen LogP contribution in [0, 0.1) is 25.2 Å². The number of nitriles is 1. The summed E-state index contributed by atoms with van der Waals surface area (Å²) >= 11 is 1.55. The molecule has 4 rings (SSSR count). The first-order valence-electron chi connectivity index (χ1n) is 9.22. The molecule has 2 aromatic heterocycles. The molecule has 0 fully saturated rings. The fourth-order valence-electron chi connectivity index (χ4n) is 3.27. The van der Waals surface area contributed by atoms with Crippen molar-refractivity contribution in [1.82, 2.24) is 24.5 Å². The second-order valence-corrected chi connectivity index (χ2v) is 7.68. The highest BCUT2D eigenvalue weighted by Gasteiger charge is 2.19. The number of hydrogen-bond acceptors (Lipinski definition) is 5. The van der Waals surface area contributed by atoms with E-state index in [0.29, 0.717) is 11.3 Å². The Morgan fingerprint density at radius 2 is 1.72 bits per heavy atom. The van der Waals surface area contributed by atoms with Gasteiger partial charge < -0.3 is 4.57 Å². The lowest BCUT2D eigenvalue weighted by Gasteiger charge is -2.08. The van der Waals surface area contributed by atoms with Crippen LogP contribution in [0.15, 0.2) is 59.8 Å². The lowest BCUT2D eigenvalue weighted by molar-refractivity contribution is 0.789. The van der Waals surface area contributed by atoms with Crippen molar-refractivity contribution < 1.29 is 0 Å². The third-order valence-corrected chi connectivity index (χ3v) is 5.86. The fourth-order valence-corrected chi connectivity index (χ4v) is 4.18. The van der Waals surface area contributed by atoms with Crippen molar-refractivity contribution in [2.75, 3.05) is 0 Å². The SMILES string of the molecule is Cc1ccccc1-c1nnc(SCc2c(C#N)c(C)nn2-c2ccccc2)n1C. The second-order valence-electron chi connectivity index (χ2n) is 6.74. The van der Waals surface area contributed by atoms with Gasteiger partial charge in [-0.25, -0.2) is 4.68 Å². The summed E-state index contributed by atoms with van der Waals surface area (Å²) in [5, 5.41) is 23.8. The van der Waals surface area contributed by atoms with E-state index in [-0.39, 0.29) is 0 Å². The molecule has 0 aliphatic carbocycles. The standard InChI is InChI=1S/C22H20N6S/c1-15-9-7-8-12-18(15)21-24-25-22(27(21)3)29-14-20-19(13-23)16(2)26-28(20)17-10-5-4-6-11-17/h4-12H,14H2,1-3H3. The summed E-state index contributed by atoms with van der Waals surface area (Å²) < 4.78 is 3.84. The molecule has 0 bridgehead atoms. The molecule has 0 saturated heterocycles. The molecule has 2 aromatic carbocycles. The normalized spacial score (nSPS) is 10.8. The van der Waals surface area contributed by atoms with E-state index in [2.05, 4.69) is 40.4 Å². The molecule has 0 saturated carbocycles. The Labute approximate surface area is 173 Å². The number of aromatic nitrogens is 5. The van der Waals surface area contributed by atoms with Crippen molar-refractivity contribution in [3.05, 3.63) is 77.1 Å². The molecular formula is C22H20N6S. The van der Waals surface area contributed by atoms with E-state index in [1.165, 1.54) is 0 Å². The van der Waals surface area contributed by atoms with E-state index in [0.717, 1.165) is 39.2 Å². The third kappa shape index (κ3) is 3.55. The van der Waals surface area contributed by atoms with Gasteiger partial charge >= 0.3 is 0 Å². The number of aryl methyl sites for hydroxylation is 2. The molecule has 144 valence electrons. The highest BCUT2D eigenvalue weighted by atomic mass is 32.2. The van der Waals surface area contributed by atoms with Crippen LogP contribution < -0.4 is 0 Å². The van der Waals surface area contributed by atoms with Crippen molar-refractivity contribution in [2.45, 2.75) is 24.8 Å². The van der Waals surface area contributed by atoms with E-state index < -0.39 is 0 Å². The molecule has 4 aromatic rings. The molecular weight excluding hydrogens is 380 g/mol. The zero-order valence-corrected chi connectivity index (χ0v) is 17.3. The lowest BCUT2D eigenvalue weighted by atomic mass is 10.1. The summed E-state index contributed by atoms with van der Waals surface area (Å²) in [4.78, 5) is 0. The molecule has 6 nitrogen and oxygen atoms in total. The molecule has 7 heteroatoms. The number of thioether (sulfide) groups is 1. The predicted molar refractivity (Wildman–Crippen MR) is 114 cm³/mol. The Balaban J connectivity index is 1.66. The van der Waals surface area contributed by atoms with Gasteiger partial charge in [-0.2, -0.15) is 10.4 Å². The Kier molecular flexibility index (Phi) is 5.19. The molecule has 0 amide bonds. The topological polar surface area (TPSA) is 72.3 Å². The largest absolute Gasteiger partial charge is 0.305 e. The first-order chi connectivity index (χ1) is 14.1. The molecule has 0 atom stereocenters. The zero-order chi connectivity index (χ0) is 20.4. The molecule has 0 aliphatic rings. The van der Waals surface area contributed by atoms with E-state index in [9.17, 15) is 5.26 Å². The van der Waals surface area contributed by atoms with Gasteiger partial charge in [-0.3, -0.25) is 0 Å². The van der Waals surface area contributed by atoms with Gasteiger partial charge in [0.1, 0.15) is 6.07 Å². The molecule has 29 heavy (non-hydrogen) atoms. The molecule has 0 spiro atoms. The van der Waals surface area contributed by atoms with Gasteiger partial charge in [-0.15, -0.1) is 10.2 Å². The van der Waals surface area contributed by atoms with Crippen LogP contribution in [-0.4, -0.2) is 24.5 Å². The van der Waals surface area contributed by atoms with Crippen LogP contribution >= 0.6 is 11.8 Å². The maximum Gasteiger partial charge on any atom is 0.191 e. The Morgan fingerprint density at radius 3 is 2.45 bits per heavy atom. The van der Waals surface area contributed by atoms with Crippen LogP contribution in [0.25, 0.3) is 17.1 Å². The average molecular weight is 401 g/mol. The van der Waals surface area contributed by atoms with Crippen LogP contribution in [0.5, 0.6) is 0 Å². The summed E-state index contributed by atoms with van der Waals surface area (Å²) in [5.74, 6) is 1.40. The van der Waals surface area contributed by atoms with Crippen LogP contribution in [0.3, 0.4) is 0 Å². The Hall–Kier alpha value is -3.37. The van der Waals surface area contributed by atoms with E-state index in [4.69, 9.17) is 0 Å². The van der Waals surface area contributed by atoms with Gasteiger partial charge in [0.05, 0.1) is 22.6 Å². The second kappa shape index (κ2) is 7.94. The molecule has 2 heterocycles. The molecule has 0 aliphatic heterocycles. The monoisotopic (exact) mass is 400 g/mol. The quantitative estimate of drug-likeness (QED) is 0.463. The maximum atomic E-state index is 9.65. The van der Waals surface area contributed by atoms with Crippen LogP contribution in [0.1, 0.15) is 22.5 Å². The fraction of sp³-hybridized carbons (Fsp3) is 0.182. The minimum atomic E-state index is 0.568. The summed E-state index contributed by atoms with van der Waals surface area (Å²) in [7, 11) is 1.97.